The zero-order chi connectivity index (χ0) is 21.2. The van der Waals surface area contributed by atoms with Crippen molar-refractivity contribution in [1.82, 2.24) is 0 Å². The molecule has 31 heavy (non-hydrogen) atoms. The van der Waals surface area contributed by atoms with Crippen molar-refractivity contribution >= 4 is 6.08 Å². The molecular formula is C27H30O4. The first-order valence-electron chi connectivity index (χ1n) is 11.5. The minimum Gasteiger partial charge on any atom is -0.497 e. The maximum absolute atomic E-state index is 11.4. The van der Waals surface area contributed by atoms with E-state index < -0.39 is 0 Å². The summed E-state index contributed by atoms with van der Waals surface area (Å²) in [7, 11) is 1.74. The van der Waals surface area contributed by atoms with Gasteiger partial charge in [0.2, 0.25) is 6.79 Å². The Balaban J connectivity index is 1.31. The number of ether oxygens (including phenoxy) is 3. The molecule has 0 radical (unpaired) electrons. The molecule has 5 atom stereocenters. The van der Waals surface area contributed by atoms with E-state index in [2.05, 4.69) is 37.3 Å². The standard InChI is InChI=1S/C27H30O4/c1-27-10-9-21-20-7-5-19(29-2)13-17(20)4-6-22(21)23(27)14-18(26(27)28)11-16-3-8-24-25(12-16)31-15-30-24/h3,5,7-8,11-13,21-23,26,28H,4,6,9-10,14-15H2,1-2H3/b18-11+/t21-,22+,23+,26+,27-/m1/s1. The van der Waals surface area contributed by atoms with E-state index >= 15 is 0 Å². The number of hydrogen-bond donors (Lipinski definition) is 1. The molecule has 4 aliphatic rings. The predicted octanol–water partition coefficient (Wildman–Crippen LogP) is 5.33. The Morgan fingerprint density at radius 3 is 2.84 bits per heavy atom. The highest BCUT2D eigenvalue weighted by molar-refractivity contribution is 5.60. The van der Waals surface area contributed by atoms with Gasteiger partial charge in [0, 0.05) is 5.41 Å². The largest absolute Gasteiger partial charge is 0.497 e. The third-order valence-corrected chi connectivity index (χ3v) is 8.55. The van der Waals surface area contributed by atoms with Crippen LogP contribution in [0.3, 0.4) is 0 Å². The lowest BCUT2D eigenvalue weighted by atomic mass is 9.55. The van der Waals surface area contributed by atoms with Crippen molar-refractivity contribution in [1.29, 1.82) is 0 Å². The first-order chi connectivity index (χ1) is 15.1. The van der Waals surface area contributed by atoms with Gasteiger partial charge in [-0.15, -0.1) is 0 Å². The molecular weight excluding hydrogens is 388 g/mol. The summed E-state index contributed by atoms with van der Waals surface area (Å²) in [6, 6.07) is 12.7. The lowest BCUT2D eigenvalue weighted by molar-refractivity contribution is -0.0158. The summed E-state index contributed by atoms with van der Waals surface area (Å²) in [5, 5.41) is 11.4. The summed E-state index contributed by atoms with van der Waals surface area (Å²) < 4.78 is 16.4. The lowest BCUT2D eigenvalue weighted by Gasteiger charge is -2.49. The molecule has 4 nitrogen and oxygen atoms in total. The number of aryl methyl sites for hydroxylation is 1. The number of hydrogen-bond acceptors (Lipinski definition) is 4. The van der Waals surface area contributed by atoms with Gasteiger partial charge in [-0.2, -0.15) is 0 Å². The van der Waals surface area contributed by atoms with Crippen LogP contribution in [0.4, 0.5) is 0 Å². The summed E-state index contributed by atoms with van der Waals surface area (Å²) >= 11 is 0. The molecule has 0 amide bonds. The van der Waals surface area contributed by atoms with Crippen molar-refractivity contribution in [2.45, 2.75) is 51.0 Å². The number of aliphatic hydroxyl groups excluding tert-OH is 1. The number of methoxy groups -OCH3 is 1. The van der Waals surface area contributed by atoms with E-state index in [0.717, 1.165) is 48.5 Å². The van der Waals surface area contributed by atoms with Crippen LogP contribution in [0.2, 0.25) is 0 Å². The van der Waals surface area contributed by atoms with E-state index in [1.54, 1.807) is 7.11 Å². The van der Waals surface area contributed by atoms with E-state index in [1.807, 2.05) is 12.1 Å². The SMILES string of the molecule is COc1ccc2c(c1)CC[C@H]1[C@@H]2CC[C@@]2(C)[C@@H](O)/C(=C/c3ccc4c(c3)OCO4)C[C@@H]12. The second-order valence-corrected chi connectivity index (χ2v) is 9.96. The topological polar surface area (TPSA) is 47.9 Å². The van der Waals surface area contributed by atoms with Crippen LogP contribution in [-0.4, -0.2) is 25.1 Å². The van der Waals surface area contributed by atoms with E-state index in [-0.39, 0.29) is 18.3 Å². The van der Waals surface area contributed by atoms with Crippen LogP contribution >= 0.6 is 0 Å². The minimum absolute atomic E-state index is 0.0344. The van der Waals surface area contributed by atoms with Gasteiger partial charge >= 0.3 is 0 Å². The Hall–Kier alpha value is -2.46. The van der Waals surface area contributed by atoms with Crippen LogP contribution in [0.1, 0.15) is 55.2 Å². The van der Waals surface area contributed by atoms with Crippen LogP contribution in [0.5, 0.6) is 17.2 Å². The second-order valence-electron chi connectivity index (χ2n) is 9.96. The highest BCUT2D eigenvalue weighted by Crippen LogP contribution is 2.62. The monoisotopic (exact) mass is 418 g/mol. The molecule has 1 heterocycles. The van der Waals surface area contributed by atoms with E-state index in [4.69, 9.17) is 14.2 Å². The maximum atomic E-state index is 11.4. The van der Waals surface area contributed by atoms with Crippen LogP contribution in [0.15, 0.2) is 42.0 Å². The number of aliphatic hydroxyl groups is 1. The molecule has 0 spiro atoms. The summed E-state index contributed by atoms with van der Waals surface area (Å²) in [4.78, 5) is 0. The summed E-state index contributed by atoms with van der Waals surface area (Å²) in [5.41, 5.74) is 5.19. The molecule has 162 valence electrons. The Kier molecular flexibility index (Phi) is 4.36. The summed E-state index contributed by atoms with van der Waals surface area (Å²) in [6.07, 6.45) is 7.34. The molecule has 2 fully saturated rings. The fourth-order valence-corrected chi connectivity index (χ4v) is 6.90. The van der Waals surface area contributed by atoms with Crippen LogP contribution in [0.25, 0.3) is 6.08 Å². The average molecular weight is 419 g/mol. The smallest absolute Gasteiger partial charge is 0.231 e. The molecule has 1 N–H and O–H groups in total. The van der Waals surface area contributed by atoms with E-state index in [0.29, 0.717) is 17.8 Å². The third kappa shape index (κ3) is 2.91. The fourth-order valence-electron chi connectivity index (χ4n) is 6.90. The molecule has 3 aliphatic carbocycles. The van der Waals surface area contributed by atoms with Gasteiger partial charge < -0.3 is 19.3 Å². The molecule has 2 aromatic carbocycles. The van der Waals surface area contributed by atoms with Crippen molar-refractivity contribution in [3.63, 3.8) is 0 Å². The molecule has 2 aromatic rings. The Morgan fingerprint density at radius 2 is 1.97 bits per heavy atom. The van der Waals surface area contributed by atoms with Crippen molar-refractivity contribution in [3.8, 4) is 17.2 Å². The highest BCUT2D eigenvalue weighted by atomic mass is 16.7. The molecule has 0 saturated heterocycles. The van der Waals surface area contributed by atoms with E-state index in [9.17, 15) is 5.11 Å². The molecule has 0 aromatic heterocycles. The zero-order valence-electron chi connectivity index (χ0n) is 18.3. The van der Waals surface area contributed by atoms with Gasteiger partial charge in [-0.25, -0.2) is 0 Å². The van der Waals surface area contributed by atoms with Gasteiger partial charge in [-0.1, -0.05) is 25.1 Å². The van der Waals surface area contributed by atoms with Crippen LogP contribution < -0.4 is 14.2 Å². The molecule has 2 saturated carbocycles. The van der Waals surface area contributed by atoms with Crippen molar-refractivity contribution in [2.24, 2.45) is 17.3 Å². The maximum Gasteiger partial charge on any atom is 0.231 e. The molecule has 4 heteroatoms. The predicted molar refractivity (Wildman–Crippen MR) is 120 cm³/mol. The highest BCUT2D eigenvalue weighted by Gasteiger charge is 2.56. The Bertz CT molecular complexity index is 1060. The molecule has 0 bridgehead atoms. The quantitative estimate of drug-likeness (QED) is 0.716. The Morgan fingerprint density at radius 1 is 1.10 bits per heavy atom. The van der Waals surface area contributed by atoms with Gasteiger partial charge in [0.1, 0.15) is 5.75 Å². The van der Waals surface area contributed by atoms with Crippen molar-refractivity contribution < 1.29 is 19.3 Å². The normalized spacial score (nSPS) is 34.2. The average Bonchev–Trinajstić information content (AvgIpc) is 3.36. The molecule has 6 rings (SSSR count). The zero-order valence-corrected chi connectivity index (χ0v) is 18.3. The van der Waals surface area contributed by atoms with Gasteiger partial charge in [0.05, 0.1) is 13.2 Å². The van der Waals surface area contributed by atoms with Gasteiger partial charge in [0.15, 0.2) is 11.5 Å². The number of benzene rings is 2. The van der Waals surface area contributed by atoms with Crippen molar-refractivity contribution in [2.75, 3.05) is 13.9 Å². The number of fused-ring (bicyclic) bond motifs is 6. The first kappa shape index (κ1) is 19.2. The van der Waals surface area contributed by atoms with E-state index in [1.165, 1.54) is 23.1 Å². The van der Waals surface area contributed by atoms with Gasteiger partial charge in [-0.3, -0.25) is 0 Å². The van der Waals surface area contributed by atoms with Gasteiger partial charge in [0.25, 0.3) is 0 Å². The Labute approximate surface area is 183 Å². The summed E-state index contributed by atoms with van der Waals surface area (Å²) in [5.74, 6) is 4.32. The van der Waals surface area contributed by atoms with Gasteiger partial charge in [-0.05, 0) is 96.4 Å². The fraction of sp³-hybridized carbons (Fsp3) is 0.481. The van der Waals surface area contributed by atoms with Crippen LogP contribution in [0, 0.1) is 17.3 Å². The third-order valence-electron chi connectivity index (χ3n) is 8.55. The van der Waals surface area contributed by atoms with Crippen molar-refractivity contribution in [3.05, 3.63) is 58.7 Å². The molecule has 0 unspecified atom stereocenters. The second kappa shape index (κ2) is 7.03. The minimum atomic E-state index is -0.374. The van der Waals surface area contributed by atoms with Crippen LogP contribution in [-0.2, 0) is 6.42 Å². The first-order valence-corrected chi connectivity index (χ1v) is 11.5. The number of rotatable bonds is 2. The lowest BCUT2D eigenvalue weighted by Crippen LogP contribution is -2.44. The molecule has 1 aliphatic heterocycles. The summed E-state index contributed by atoms with van der Waals surface area (Å²) in [6.45, 7) is 2.61.